The highest BCUT2D eigenvalue weighted by Gasteiger charge is 2.55. The highest BCUT2D eigenvalue weighted by Crippen LogP contribution is 2.64. The number of thioether (sulfide) groups is 1. The zero-order valence-electron chi connectivity index (χ0n) is 14.3. The van der Waals surface area contributed by atoms with Gasteiger partial charge in [-0.2, -0.15) is 0 Å². The van der Waals surface area contributed by atoms with Crippen LogP contribution in [0.1, 0.15) is 35.6 Å². The molecule has 5 nitrogen and oxygen atoms in total. The fourth-order valence-electron chi connectivity index (χ4n) is 5.23. The first-order chi connectivity index (χ1) is 13.0. The molecule has 27 heavy (non-hydrogen) atoms. The fraction of sp³-hybridized carbons (Fsp3) is 0.474. The lowest BCUT2D eigenvalue weighted by Crippen LogP contribution is -2.34. The van der Waals surface area contributed by atoms with Crippen molar-refractivity contribution in [3.05, 3.63) is 43.3 Å². The van der Waals surface area contributed by atoms with Crippen LogP contribution in [-0.2, 0) is 4.79 Å². The van der Waals surface area contributed by atoms with E-state index < -0.39 is 12.6 Å². The molecule has 1 aromatic heterocycles. The van der Waals surface area contributed by atoms with E-state index in [4.69, 9.17) is 21.4 Å². The molecule has 2 N–H and O–H groups in total. The second-order valence-corrected chi connectivity index (χ2v) is 10.2. The first-order valence-electron chi connectivity index (χ1n) is 9.05. The molecule has 2 aromatic rings. The molecule has 2 aliphatic carbocycles. The van der Waals surface area contributed by atoms with Gasteiger partial charge in [0.25, 0.3) is 0 Å². The van der Waals surface area contributed by atoms with E-state index in [1.807, 2.05) is 17.8 Å². The van der Waals surface area contributed by atoms with E-state index in [9.17, 15) is 9.59 Å². The minimum Gasteiger partial charge on any atom is -0.482 e. The van der Waals surface area contributed by atoms with Crippen molar-refractivity contribution in [3.8, 4) is 5.75 Å². The van der Waals surface area contributed by atoms with Crippen LogP contribution in [0.5, 0.6) is 5.75 Å². The molecule has 2 saturated carbocycles. The molecule has 0 saturated heterocycles. The van der Waals surface area contributed by atoms with Gasteiger partial charge in [-0.3, -0.25) is 4.79 Å². The number of carboxylic acids is 1. The molecule has 2 heterocycles. The number of carbonyl (C=O) groups is 1. The quantitative estimate of drug-likeness (QED) is 0.770. The topological polar surface area (TPSA) is 79.4 Å². The third kappa shape index (κ3) is 2.91. The Balaban J connectivity index is 1.65. The number of thiazole rings is 1. The number of aliphatic carboxylic acids is 1. The Morgan fingerprint density at radius 2 is 2.15 bits per heavy atom. The molecule has 2 fully saturated rings. The summed E-state index contributed by atoms with van der Waals surface area (Å²) in [4.78, 5) is 27.1. The molecule has 1 aromatic carbocycles. The minimum absolute atomic E-state index is 0.0213. The van der Waals surface area contributed by atoms with Crippen LogP contribution in [0.25, 0.3) is 0 Å². The Labute approximate surface area is 169 Å². The van der Waals surface area contributed by atoms with E-state index in [2.05, 4.69) is 4.98 Å². The monoisotopic (exact) mass is 423 g/mol. The van der Waals surface area contributed by atoms with Gasteiger partial charge in [0.1, 0.15) is 5.75 Å². The average molecular weight is 424 g/mol. The lowest BCUT2D eigenvalue weighted by Gasteiger charge is -2.40. The molecular weight excluding hydrogens is 406 g/mol. The van der Waals surface area contributed by atoms with Gasteiger partial charge in [-0.25, -0.2) is 4.79 Å². The predicted molar refractivity (Wildman–Crippen MR) is 105 cm³/mol. The highest BCUT2D eigenvalue weighted by molar-refractivity contribution is 8.00. The van der Waals surface area contributed by atoms with Crippen molar-refractivity contribution in [3.63, 3.8) is 0 Å². The lowest BCUT2D eigenvalue weighted by atomic mass is 9.74. The number of benzene rings is 1. The molecule has 142 valence electrons. The third-order valence-electron chi connectivity index (χ3n) is 6.12. The largest absolute Gasteiger partial charge is 0.482 e. The fourth-order valence-corrected chi connectivity index (χ4v) is 8.30. The zero-order chi connectivity index (χ0) is 18.7. The standard InChI is InChI=1S/C19H18ClNO4S2/c20-10-3-4-12(25-7-13(22)23)11(6-10)15-14-8-1-2-9(5-8)16(14)26-18-17(15)27-19(24)21-18/h3-4,6,8-9,14-16H,1-2,5,7H2,(H,21,24)(H,22,23)/t8-,9+,14+,15-,16-/m0/s1. The third-order valence-corrected chi connectivity index (χ3v) is 8.98. The van der Waals surface area contributed by atoms with E-state index in [-0.39, 0.29) is 10.8 Å². The van der Waals surface area contributed by atoms with E-state index in [1.165, 1.54) is 30.6 Å². The van der Waals surface area contributed by atoms with Crippen LogP contribution in [0.2, 0.25) is 5.02 Å². The van der Waals surface area contributed by atoms with Gasteiger partial charge in [0.2, 0.25) is 0 Å². The van der Waals surface area contributed by atoms with Crippen LogP contribution in [0.4, 0.5) is 0 Å². The Hall–Kier alpha value is -1.44. The number of fused-ring (bicyclic) bond motifs is 6. The maximum absolute atomic E-state index is 12.1. The number of H-pyrrole nitrogens is 1. The number of halogens is 1. The Bertz CT molecular complexity index is 971. The van der Waals surface area contributed by atoms with Crippen molar-refractivity contribution in [2.75, 3.05) is 6.61 Å². The van der Waals surface area contributed by atoms with Crippen molar-refractivity contribution in [1.29, 1.82) is 0 Å². The van der Waals surface area contributed by atoms with Crippen molar-refractivity contribution < 1.29 is 14.6 Å². The van der Waals surface area contributed by atoms with Gasteiger partial charge in [-0.1, -0.05) is 22.9 Å². The van der Waals surface area contributed by atoms with Crippen LogP contribution in [0.15, 0.2) is 28.0 Å². The molecule has 0 unspecified atom stereocenters. The smallest absolute Gasteiger partial charge is 0.341 e. The molecule has 5 rings (SSSR count). The summed E-state index contributed by atoms with van der Waals surface area (Å²) < 4.78 is 5.61. The van der Waals surface area contributed by atoms with Crippen LogP contribution < -0.4 is 9.61 Å². The highest BCUT2D eigenvalue weighted by atomic mass is 35.5. The Morgan fingerprint density at radius 1 is 1.33 bits per heavy atom. The van der Waals surface area contributed by atoms with Gasteiger partial charge in [0.05, 0.1) is 5.03 Å². The molecule has 8 heteroatoms. The number of aromatic nitrogens is 1. The average Bonchev–Trinajstić information content (AvgIpc) is 3.32. The molecule has 0 amide bonds. The second kappa shape index (κ2) is 6.57. The summed E-state index contributed by atoms with van der Waals surface area (Å²) in [6, 6.07) is 5.36. The number of hydrogen-bond donors (Lipinski definition) is 2. The van der Waals surface area contributed by atoms with Gasteiger partial charge in [-0.05, 0) is 55.2 Å². The molecule has 5 atom stereocenters. The Kier molecular flexibility index (Phi) is 4.29. The van der Waals surface area contributed by atoms with Crippen LogP contribution >= 0.6 is 34.7 Å². The number of rotatable bonds is 4. The number of hydrogen-bond acceptors (Lipinski definition) is 5. The van der Waals surface area contributed by atoms with Gasteiger partial charge >= 0.3 is 10.8 Å². The van der Waals surface area contributed by atoms with Gasteiger partial charge in [0, 0.05) is 26.6 Å². The predicted octanol–water partition coefficient (Wildman–Crippen LogP) is 4.21. The zero-order valence-corrected chi connectivity index (χ0v) is 16.7. The number of ether oxygens (including phenoxy) is 1. The summed E-state index contributed by atoms with van der Waals surface area (Å²) in [6.45, 7) is -0.396. The van der Waals surface area contributed by atoms with Gasteiger partial charge in [-0.15, -0.1) is 11.8 Å². The van der Waals surface area contributed by atoms with E-state index >= 15 is 0 Å². The first-order valence-corrected chi connectivity index (χ1v) is 11.1. The minimum atomic E-state index is -1.01. The van der Waals surface area contributed by atoms with Crippen LogP contribution in [-0.4, -0.2) is 27.9 Å². The van der Waals surface area contributed by atoms with Crippen LogP contribution in [0.3, 0.4) is 0 Å². The maximum Gasteiger partial charge on any atom is 0.341 e. The molecule has 0 spiro atoms. The summed E-state index contributed by atoms with van der Waals surface area (Å²) in [5.41, 5.74) is 0.906. The summed E-state index contributed by atoms with van der Waals surface area (Å²) in [5, 5.41) is 11.1. The summed E-state index contributed by atoms with van der Waals surface area (Å²) in [6.07, 6.45) is 3.72. The number of aromatic amines is 1. The molecule has 3 aliphatic rings. The van der Waals surface area contributed by atoms with Crippen molar-refractivity contribution in [2.24, 2.45) is 17.8 Å². The number of nitrogens with one attached hydrogen (secondary N) is 1. The maximum atomic E-state index is 12.1. The van der Waals surface area contributed by atoms with Crippen molar-refractivity contribution in [1.82, 2.24) is 4.98 Å². The summed E-state index contributed by atoms with van der Waals surface area (Å²) in [7, 11) is 0. The van der Waals surface area contributed by atoms with Crippen molar-refractivity contribution >= 4 is 40.7 Å². The van der Waals surface area contributed by atoms with Gasteiger partial charge < -0.3 is 14.8 Å². The SMILES string of the molecule is O=C(O)COc1ccc(Cl)cc1[C@@H]1c2sc(=O)[nH]c2S[C@H]2[C@@H]3CC[C@@H](C3)[C@H]12. The van der Waals surface area contributed by atoms with Gasteiger partial charge in [0.15, 0.2) is 6.61 Å². The van der Waals surface area contributed by atoms with Crippen molar-refractivity contribution in [2.45, 2.75) is 35.5 Å². The molecular formula is C19H18ClNO4S2. The summed E-state index contributed by atoms with van der Waals surface area (Å²) >= 11 is 9.40. The normalized spacial score (nSPS) is 30.8. The van der Waals surface area contributed by atoms with E-state index in [0.29, 0.717) is 33.8 Å². The van der Waals surface area contributed by atoms with E-state index in [0.717, 1.165) is 15.5 Å². The summed E-state index contributed by atoms with van der Waals surface area (Å²) in [5.74, 6) is 1.30. The lowest BCUT2D eigenvalue weighted by molar-refractivity contribution is -0.139. The van der Waals surface area contributed by atoms with E-state index in [1.54, 1.807) is 12.1 Å². The second-order valence-electron chi connectivity index (χ2n) is 7.54. The number of carboxylic acid groups (broad SMARTS) is 1. The molecule has 2 bridgehead atoms. The molecule has 0 radical (unpaired) electrons. The Morgan fingerprint density at radius 3 is 2.96 bits per heavy atom. The molecule has 1 aliphatic heterocycles. The first kappa shape index (κ1) is 17.6. The van der Waals surface area contributed by atoms with Crippen LogP contribution in [0, 0.1) is 17.8 Å².